The lowest BCUT2D eigenvalue weighted by Gasteiger charge is -2.22. The maximum absolute atomic E-state index is 11.3. The summed E-state index contributed by atoms with van der Waals surface area (Å²) in [6.45, 7) is 2.16. The van der Waals surface area contributed by atoms with Gasteiger partial charge in [0.2, 0.25) is 5.91 Å². The van der Waals surface area contributed by atoms with E-state index in [0.29, 0.717) is 18.2 Å². The number of aryl methyl sites for hydroxylation is 1. The number of hydrogen-bond acceptors (Lipinski definition) is 4. The molecule has 0 saturated heterocycles. The average Bonchev–Trinajstić information content (AvgIpc) is 2.37. The van der Waals surface area contributed by atoms with Crippen LogP contribution in [-0.2, 0) is 11.2 Å². The predicted molar refractivity (Wildman–Crippen MR) is 83.9 cm³/mol. The molecule has 1 aliphatic heterocycles. The van der Waals surface area contributed by atoms with Gasteiger partial charge >= 0.3 is 0 Å². The number of thioether (sulfide) groups is 1. The summed E-state index contributed by atoms with van der Waals surface area (Å²) in [7, 11) is 0. The maximum atomic E-state index is 11.3. The second-order valence-corrected chi connectivity index (χ2v) is 5.96. The Morgan fingerprint density at radius 2 is 2.26 bits per heavy atom. The Hall–Kier alpha value is -1.36. The van der Waals surface area contributed by atoms with Crippen molar-refractivity contribution in [1.82, 2.24) is 0 Å². The number of benzene rings is 1. The number of carbonyl (C=O) groups excluding carboxylic acids is 1. The third-order valence-electron chi connectivity index (χ3n) is 3.33. The third kappa shape index (κ3) is 3.56. The molecule has 0 fully saturated rings. The van der Waals surface area contributed by atoms with Crippen LogP contribution in [0.15, 0.2) is 12.1 Å². The van der Waals surface area contributed by atoms with E-state index in [-0.39, 0.29) is 5.91 Å². The van der Waals surface area contributed by atoms with Gasteiger partial charge in [-0.25, -0.2) is 0 Å². The number of fused-ring (bicyclic) bond motifs is 1. The molecule has 1 unspecified atom stereocenters. The molecule has 0 aromatic heterocycles. The van der Waals surface area contributed by atoms with Crippen LogP contribution in [0.1, 0.15) is 25.3 Å². The zero-order valence-electron chi connectivity index (χ0n) is 11.5. The van der Waals surface area contributed by atoms with Crippen LogP contribution in [0.5, 0.6) is 0 Å². The van der Waals surface area contributed by atoms with Crippen molar-refractivity contribution in [2.24, 2.45) is 0 Å². The third-order valence-corrected chi connectivity index (χ3v) is 3.97. The second-order valence-electron chi connectivity index (χ2n) is 4.97. The van der Waals surface area contributed by atoms with Crippen molar-refractivity contribution >= 4 is 34.7 Å². The van der Waals surface area contributed by atoms with E-state index in [1.54, 1.807) is 0 Å². The van der Waals surface area contributed by atoms with Crippen LogP contribution in [0.3, 0.4) is 0 Å². The van der Waals surface area contributed by atoms with Gasteiger partial charge in [0.05, 0.1) is 11.4 Å². The fourth-order valence-corrected chi connectivity index (χ4v) is 2.79. The number of nitrogens with one attached hydrogen (secondary N) is 2. The first-order valence-electron chi connectivity index (χ1n) is 6.58. The molecular weight excluding hydrogens is 258 g/mol. The molecule has 2 rings (SSSR count). The molecule has 0 bridgehead atoms. The van der Waals surface area contributed by atoms with Gasteiger partial charge in [-0.15, -0.1) is 0 Å². The number of nitrogen functional groups attached to an aromatic ring is 1. The van der Waals surface area contributed by atoms with Gasteiger partial charge in [-0.2, -0.15) is 11.8 Å². The fourth-order valence-electron chi connectivity index (χ4n) is 2.20. The van der Waals surface area contributed by atoms with Gasteiger partial charge in [0, 0.05) is 18.2 Å². The molecule has 0 saturated carbocycles. The summed E-state index contributed by atoms with van der Waals surface area (Å²) >= 11 is 1.85. The Morgan fingerprint density at radius 1 is 1.47 bits per heavy atom. The summed E-state index contributed by atoms with van der Waals surface area (Å²) in [6.07, 6.45) is 4.56. The van der Waals surface area contributed by atoms with E-state index >= 15 is 0 Å². The van der Waals surface area contributed by atoms with Crippen molar-refractivity contribution in [2.75, 3.05) is 28.4 Å². The number of amides is 1. The molecule has 1 aromatic rings. The Morgan fingerprint density at radius 3 is 3.00 bits per heavy atom. The van der Waals surface area contributed by atoms with Crippen molar-refractivity contribution in [3.63, 3.8) is 0 Å². The first kappa shape index (κ1) is 14.1. The molecule has 1 heterocycles. The van der Waals surface area contributed by atoms with Crippen molar-refractivity contribution in [3.05, 3.63) is 17.7 Å². The van der Waals surface area contributed by atoms with Gasteiger partial charge < -0.3 is 16.4 Å². The van der Waals surface area contributed by atoms with Gasteiger partial charge in [-0.3, -0.25) is 4.79 Å². The zero-order valence-corrected chi connectivity index (χ0v) is 12.3. The SMILES string of the molecule is CSCCC(C)Nc1cc2c(cc1N)NC(=O)CC2. The van der Waals surface area contributed by atoms with E-state index in [1.165, 1.54) is 0 Å². The maximum Gasteiger partial charge on any atom is 0.224 e. The first-order chi connectivity index (χ1) is 9.10. The molecule has 1 aromatic carbocycles. The lowest BCUT2D eigenvalue weighted by Crippen LogP contribution is -2.21. The number of anilines is 3. The molecule has 5 heteroatoms. The van der Waals surface area contributed by atoms with Gasteiger partial charge in [0.25, 0.3) is 0 Å². The minimum absolute atomic E-state index is 0.0703. The molecule has 0 radical (unpaired) electrons. The minimum Gasteiger partial charge on any atom is -0.397 e. The van der Waals surface area contributed by atoms with E-state index < -0.39 is 0 Å². The summed E-state index contributed by atoms with van der Waals surface area (Å²) < 4.78 is 0. The van der Waals surface area contributed by atoms with Crippen molar-refractivity contribution in [2.45, 2.75) is 32.2 Å². The fraction of sp³-hybridized carbons (Fsp3) is 0.500. The molecule has 0 spiro atoms. The average molecular weight is 279 g/mol. The topological polar surface area (TPSA) is 67.2 Å². The van der Waals surface area contributed by atoms with Gasteiger partial charge in [0.1, 0.15) is 0 Å². The molecule has 1 aliphatic rings. The molecule has 104 valence electrons. The first-order valence-corrected chi connectivity index (χ1v) is 7.97. The monoisotopic (exact) mass is 279 g/mol. The van der Waals surface area contributed by atoms with E-state index in [9.17, 15) is 4.79 Å². The zero-order chi connectivity index (χ0) is 13.8. The second kappa shape index (κ2) is 6.19. The Labute approximate surface area is 118 Å². The van der Waals surface area contributed by atoms with Gasteiger partial charge in [-0.1, -0.05) is 0 Å². The van der Waals surface area contributed by atoms with Gasteiger partial charge in [-0.05, 0) is 49.5 Å². The summed E-state index contributed by atoms with van der Waals surface area (Å²) in [4.78, 5) is 11.3. The highest BCUT2D eigenvalue weighted by Crippen LogP contribution is 2.31. The summed E-state index contributed by atoms with van der Waals surface area (Å²) in [5.74, 6) is 1.20. The largest absolute Gasteiger partial charge is 0.397 e. The lowest BCUT2D eigenvalue weighted by atomic mass is 10.0. The van der Waals surface area contributed by atoms with Crippen LogP contribution in [-0.4, -0.2) is 24.0 Å². The lowest BCUT2D eigenvalue weighted by molar-refractivity contribution is -0.116. The normalized spacial score (nSPS) is 15.6. The molecule has 0 aliphatic carbocycles. The van der Waals surface area contributed by atoms with Crippen molar-refractivity contribution < 1.29 is 4.79 Å². The quantitative estimate of drug-likeness (QED) is 0.725. The van der Waals surface area contributed by atoms with E-state index in [4.69, 9.17) is 5.73 Å². The summed E-state index contributed by atoms with van der Waals surface area (Å²) in [6, 6.07) is 4.32. The minimum atomic E-state index is 0.0703. The van der Waals surface area contributed by atoms with E-state index in [2.05, 4.69) is 29.9 Å². The number of rotatable bonds is 5. The van der Waals surface area contributed by atoms with Crippen molar-refractivity contribution in [1.29, 1.82) is 0 Å². The molecule has 1 amide bonds. The van der Waals surface area contributed by atoms with Crippen LogP contribution >= 0.6 is 11.8 Å². The number of hydrogen-bond donors (Lipinski definition) is 3. The highest BCUT2D eigenvalue weighted by Gasteiger charge is 2.17. The molecule has 4 nitrogen and oxygen atoms in total. The smallest absolute Gasteiger partial charge is 0.224 e. The molecule has 1 atom stereocenters. The van der Waals surface area contributed by atoms with Crippen LogP contribution in [0.4, 0.5) is 17.1 Å². The standard InChI is InChI=1S/C14H21N3OS/c1-9(5-6-19-2)16-13-7-10-3-4-14(18)17-12(10)8-11(13)15/h7-9,16H,3-6,15H2,1-2H3,(H,17,18). The van der Waals surface area contributed by atoms with Crippen LogP contribution in [0.2, 0.25) is 0 Å². The van der Waals surface area contributed by atoms with Crippen LogP contribution in [0, 0.1) is 0 Å². The van der Waals surface area contributed by atoms with Gasteiger partial charge in [0.15, 0.2) is 0 Å². The Balaban J connectivity index is 2.11. The summed E-state index contributed by atoms with van der Waals surface area (Å²) in [5.41, 5.74) is 9.73. The van der Waals surface area contributed by atoms with Crippen molar-refractivity contribution in [3.8, 4) is 0 Å². The molecular formula is C14H21N3OS. The van der Waals surface area contributed by atoms with E-state index in [0.717, 1.165) is 35.5 Å². The predicted octanol–water partition coefficient (Wildman–Crippen LogP) is 2.71. The Kier molecular flexibility index (Phi) is 4.58. The van der Waals surface area contributed by atoms with Crippen LogP contribution in [0.25, 0.3) is 0 Å². The van der Waals surface area contributed by atoms with Crippen LogP contribution < -0.4 is 16.4 Å². The number of nitrogens with two attached hydrogens (primary N) is 1. The Bertz CT molecular complexity index is 476. The molecule has 4 N–H and O–H groups in total. The molecule has 19 heavy (non-hydrogen) atoms. The summed E-state index contributed by atoms with van der Waals surface area (Å²) in [5, 5.41) is 6.32. The highest BCUT2D eigenvalue weighted by atomic mass is 32.2. The van der Waals surface area contributed by atoms with E-state index in [1.807, 2.05) is 17.8 Å². The highest BCUT2D eigenvalue weighted by molar-refractivity contribution is 7.98. The number of carbonyl (C=O) groups is 1.